The molecule has 36 heavy (non-hydrogen) atoms. The number of ether oxygens (including phenoxy) is 1. The summed E-state index contributed by atoms with van der Waals surface area (Å²) in [6.45, 7) is 0. The highest BCUT2D eigenvalue weighted by Gasteiger charge is 2.30. The molecular formula is C26H20N6O3S. The van der Waals surface area contributed by atoms with E-state index in [0.29, 0.717) is 16.8 Å². The van der Waals surface area contributed by atoms with Crippen molar-refractivity contribution < 1.29 is 13.2 Å². The summed E-state index contributed by atoms with van der Waals surface area (Å²) in [5.41, 5.74) is 9.79. The summed E-state index contributed by atoms with van der Waals surface area (Å²) in [6, 6.07) is 21.1. The summed E-state index contributed by atoms with van der Waals surface area (Å²) < 4.78 is 34.0. The smallest absolute Gasteiger partial charge is 0.212 e. The molecule has 3 heterocycles. The fraction of sp³-hybridized carbons (Fsp3) is 0.0385. The Labute approximate surface area is 205 Å². The van der Waals surface area contributed by atoms with Crippen molar-refractivity contribution in [1.82, 2.24) is 19.6 Å². The molecule has 0 saturated carbocycles. The molecule has 9 nitrogen and oxygen atoms in total. The summed E-state index contributed by atoms with van der Waals surface area (Å²) in [4.78, 5) is 12.4. The molecule has 0 bridgehead atoms. The molecule has 0 aliphatic heterocycles. The quantitative estimate of drug-likeness (QED) is 0.341. The zero-order chi connectivity index (χ0) is 24.9. The number of hydrogen-bond acceptors (Lipinski definition) is 7. The Morgan fingerprint density at radius 3 is 2.42 bits per heavy atom. The maximum Gasteiger partial charge on any atom is 0.212 e. The van der Waals surface area contributed by atoms with Crippen molar-refractivity contribution in [3.05, 3.63) is 84.6 Å². The van der Waals surface area contributed by atoms with Crippen LogP contribution in [0, 0.1) is 0 Å². The molecule has 0 fully saturated rings. The van der Waals surface area contributed by atoms with E-state index in [2.05, 4.69) is 20.1 Å². The highest BCUT2D eigenvalue weighted by Crippen LogP contribution is 2.35. The first-order valence-corrected chi connectivity index (χ1v) is 12.5. The second kappa shape index (κ2) is 8.21. The van der Waals surface area contributed by atoms with Crippen LogP contribution in [-0.4, -0.2) is 41.4 Å². The number of anilines is 1. The molecule has 0 amide bonds. The van der Waals surface area contributed by atoms with E-state index in [1.54, 1.807) is 30.5 Å². The molecule has 6 rings (SSSR count). The van der Waals surface area contributed by atoms with Crippen LogP contribution in [0.2, 0.25) is 0 Å². The van der Waals surface area contributed by atoms with E-state index in [9.17, 15) is 8.42 Å². The van der Waals surface area contributed by atoms with Gasteiger partial charge in [0.05, 0.1) is 29.3 Å². The fourth-order valence-corrected chi connectivity index (χ4v) is 5.68. The molecular weight excluding hydrogens is 476 g/mol. The third kappa shape index (κ3) is 3.38. The average molecular weight is 497 g/mol. The van der Waals surface area contributed by atoms with Gasteiger partial charge in [-0.05, 0) is 42.5 Å². The standard InChI is InChI=1S/C26H20N6O3S/c1-35-17-10-12-18(13-11-17)36(33,34)24-23-26(31-22-9-5-4-8-21(22)30-23)32(25(24)27)29-15-16-14-28-20-7-3-2-6-19(16)20/h2-15,28H,27H2,1H3. The van der Waals surface area contributed by atoms with Crippen LogP contribution in [0.4, 0.5) is 5.82 Å². The number of fused-ring (bicyclic) bond motifs is 3. The van der Waals surface area contributed by atoms with Crippen LogP contribution in [0.3, 0.4) is 0 Å². The Morgan fingerprint density at radius 2 is 1.67 bits per heavy atom. The van der Waals surface area contributed by atoms with E-state index in [0.717, 1.165) is 16.5 Å². The van der Waals surface area contributed by atoms with Crippen molar-refractivity contribution in [2.75, 3.05) is 12.8 Å². The van der Waals surface area contributed by atoms with E-state index in [1.807, 2.05) is 42.6 Å². The number of aromatic nitrogens is 4. The lowest BCUT2D eigenvalue weighted by Crippen LogP contribution is -2.06. The summed E-state index contributed by atoms with van der Waals surface area (Å²) in [6.07, 6.45) is 3.45. The third-order valence-electron chi connectivity index (χ3n) is 6.00. The molecule has 3 N–H and O–H groups in total. The van der Waals surface area contributed by atoms with Crippen molar-refractivity contribution in [1.29, 1.82) is 0 Å². The number of hydrogen-bond donors (Lipinski definition) is 2. The molecule has 0 aliphatic carbocycles. The fourth-order valence-electron chi connectivity index (χ4n) is 4.20. The van der Waals surface area contributed by atoms with Gasteiger partial charge in [-0.2, -0.15) is 9.78 Å². The second-order valence-electron chi connectivity index (χ2n) is 8.12. The average Bonchev–Trinajstić information content (AvgIpc) is 3.43. The molecule has 0 aliphatic rings. The van der Waals surface area contributed by atoms with Crippen molar-refractivity contribution in [3.8, 4) is 5.75 Å². The minimum Gasteiger partial charge on any atom is -0.497 e. The Balaban J connectivity index is 1.59. The number of para-hydroxylation sites is 3. The van der Waals surface area contributed by atoms with Gasteiger partial charge in [0.2, 0.25) is 9.84 Å². The molecule has 178 valence electrons. The zero-order valence-corrected chi connectivity index (χ0v) is 19.9. The van der Waals surface area contributed by atoms with Crippen molar-refractivity contribution in [2.24, 2.45) is 5.10 Å². The number of methoxy groups -OCH3 is 1. The lowest BCUT2D eigenvalue weighted by Gasteiger charge is -2.06. The number of benzene rings is 3. The number of rotatable bonds is 5. The van der Waals surface area contributed by atoms with E-state index in [-0.39, 0.29) is 26.8 Å². The Kier molecular flexibility index (Phi) is 4.97. The minimum absolute atomic E-state index is 0.0598. The topological polar surface area (TPSA) is 128 Å². The highest BCUT2D eigenvalue weighted by atomic mass is 32.2. The molecule has 0 spiro atoms. The number of nitrogen functional groups attached to an aromatic ring is 1. The van der Waals surface area contributed by atoms with Gasteiger partial charge in [0.1, 0.15) is 22.0 Å². The van der Waals surface area contributed by atoms with Crippen molar-refractivity contribution >= 4 is 55.0 Å². The number of nitrogens with two attached hydrogens (primary N) is 1. The van der Waals surface area contributed by atoms with Crippen LogP contribution in [0.15, 0.2) is 93.9 Å². The number of H-pyrrole nitrogens is 1. The summed E-state index contributed by atoms with van der Waals surface area (Å²) >= 11 is 0. The van der Waals surface area contributed by atoms with Gasteiger partial charge in [-0.25, -0.2) is 18.4 Å². The van der Waals surface area contributed by atoms with Gasteiger partial charge in [0.25, 0.3) is 0 Å². The van der Waals surface area contributed by atoms with E-state index < -0.39 is 9.84 Å². The number of sulfone groups is 1. The van der Waals surface area contributed by atoms with Crippen LogP contribution in [0.1, 0.15) is 5.56 Å². The predicted octanol–water partition coefficient (Wildman–Crippen LogP) is 4.37. The summed E-state index contributed by atoms with van der Waals surface area (Å²) in [5.74, 6) is 0.464. The van der Waals surface area contributed by atoms with Gasteiger partial charge < -0.3 is 15.5 Å². The van der Waals surface area contributed by atoms with Gasteiger partial charge in [0.15, 0.2) is 5.65 Å². The minimum atomic E-state index is -4.06. The monoisotopic (exact) mass is 496 g/mol. The molecule has 6 aromatic rings. The Hall–Kier alpha value is -4.70. The molecule has 0 atom stereocenters. The number of nitrogens with zero attached hydrogens (tertiary/aromatic N) is 4. The van der Waals surface area contributed by atoms with E-state index in [4.69, 9.17) is 10.5 Å². The largest absolute Gasteiger partial charge is 0.497 e. The molecule has 3 aromatic heterocycles. The lowest BCUT2D eigenvalue weighted by molar-refractivity contribution is 0.414. The first-order valence-electron chi connectivity index (χ1n) is 11.0. The maximum absolute atomic E-state index is 13.8. The van der Waals surface area contributed by atoms with E-state index >= 15 is 0 Å². The second-order valence-corrected chi connectivity index (χ2v) is 10.0. The van der Waals surface area contributed by atoms with E-state index in [1.165, 1.54) is 23.9 Å². The molecule has 0 saturated heterocycles. The van der Waals surface area contributed by atoms with Crippen LogP contribution in [0.5, 0.6) is 5.75 Å². The van der Waals surface area contributed by atoms with Crippen LogP contribution in [-0.2, 0) is 9.84 Å². The van der Waals surface area contributed by atoms with Crippen LogP contribution in [0.25, 0.3) is 33.1 Å². The summed E-state index contributed by atoms with van der Waals surface area (Å²) in [5, 5.41) is 5.52. The van der Waals surface area contributed by atoms with Crippen LogP contribution < -0.4 is 10.5 Å². The van der Waals surface area contributed by atoms with Crippen molar-refractivity contribution in [3.63, 3.8) is 0 Å². The van der Waals surface area contributed by atoms with Gasteiger partial charge in [0, 0.05) is 22.7 Å². The Morgan fingerprint density at radius 1 is 0.972 bits per heavy atom. The number of nitrogens with one attached hydrogen (secondary N) is 1. The van der Waals surface area contributed by atoms with Gasteiger partial charge >= 0.3 is 0 Å². The first kappa shape index (κ1) is 21.8. The Bertz CT molecular complexity index is 1900. The molecule has 3 aromatic carbocycles. The third-order valence-corrected chi connectivity index (χ3v) is 7.83. The first-order chi connectivity index (χ1) is 17.5. The zero-order valence-electron chi connectivity index (χ0n) is 19.1. The van der Waals surface area contributed by atoms with Gasteiger partial charge in [-0.15, -0.1) is 0 Å². The molecule has 0 unspecified atom stereocenters. The predicted molar refractivity (Wildman–Crippen MR) is 139 cm³/mol. The SMILES string of the molecule is COc1ccc(S(=O)(=O)c2c(N)n(N=Cc3c[nH]c4ccccc34)c3nc4ccccc4nc23)cc1. The number of aromatic amines is 1. The van der Waals surface area contributed by atoms with Gasteiger partial charge in [-0.3, -0.25) is 0 Å². The van der Waals surface area contributed by atoms with Gasteiger partial charge in [-0.1, -0.05) is 30.3 Å². The maximum atomic E-state index is 13.8. The summed E-state index contributed by atoms with van der Waals surface area (Å²) in [7, 11) is -2.54. The van der Waals surface area contributed by atoms with Crippen molar-refractivity contribution in [2.45, 2.75) is 9.79 Å². The highest BCUT2D eigenvalue weighted by molar-refractivity contribution is 7.92. The molecule has 0 radical (unpaired) electrons. The molecule has 10 heteroatoms. The lowest BCUT2D eigenvalue weighted by atomic mass is 10.2. The normalized spacial score (nSPS) is 12.2. The van der Waals surface area contributed by atoms with Crippen LogP contribution >= 0.6 is 0 Å².